The molecule has 0 saturated heterocycles. The van der Waals surface area contributed by atoms with Gasteiger partial charge in [0.1, 0.15) is 5.75 Å². The number of sulfonamides is 1. The number of hydrogen-bond donors (Lipinski definition) is 1. The Morgan fingerprint density at radius 2 is 1.60 bits per heavy atom. The predicted octanol–water partition coefficient (Wildman–Crippen LogP) is 2.99. The summed E-state index contributed by atoms with van der Waals surface area (Å²) in [6.07, 6.45) is 0. The van der Waals surface area contributed by atoms with E-state index in [9.17, 15) is 13.2 Å². The summed E-state index contributed by atoms with van der Waals surface area (Å²) in [6.45, 7) is 3.36. The van der Waals surface area contributed by atoms with Crippen LogP contribution in [0.2, 0.25) is 0 Å². The van der Waals surface area contributed by atoms with Crippen LogP contribution >= 0.6 is 0 Å². The number of benzene rings is 2. The zero-order valence-electron chi connectivity index (χ0n) is 18.1. The van der Waals surface area contributed by atoms with Gasteiger partial charge in [-0.3, -0.25) is 9.10 Å². The van der Waals surface area contributed by atoms with Gasteiger partial charge in [0.2, 0.25) is 10.0 Å². The molecule has 0 bridgehead atoms. The average Bonchev–Trinajstić information content (AvgIpc) is 2.77. The van der Waals surface area contributed by atoms with Crippen LogP contribution in [0.15, 0.2) is 36.4 Å². The number of hydrogen-bond acceptors (Lipinski definition) is 6. The second-order valence-corrected chi connectivity index (χ2v) is 8.82. The Kier molecular flexibility index (Phi) is 7.55. The van der Waals surface area contributed by atoms with Crippen molar-refractivity contribution in [2.75, 3.05) is 38.4 Å². The van der Waals surface area contributed by atoms with Gasteiger partial charge in [-0.1, -0.05) is 18.2 Å². The minimum Gasteiger partial charge on any atom is -0.496 e. The smallest absolute Gasteiger partial charge is 0.254 e. The Bertz CT molecular complexity index is 1010. The first-order chi connectivity index (χ1) is 14.2. The van der Waals surface area contributed by atoms with Crippen LogP contribution in [0.1, 0.15) is 35.8 Å². The molecule has 0 radical (unpaired) electrons. The average molecular weight is 437 g/mol. The summed E-state index contributed by atoms with van der Waals surface area (Å²) in [5.74, 6) is 0.709. The highest BCUT2D eigenvalue weighted by atomic mass is 32.2. The third-order valence-corrected chi connectivity index (χ3v) is 6.58. The van der Waals surface area contributed by atoms with Crippen LogP contribution in [0.5, 0.6) is 17.2 Å². The largest absolute Gasteiger partial charge is 0.496 e. The highest BCUT2D eigenvalue weighted by Gasteiger charge is 2.26. The number of nitrogens with one attached hydrogen (secondary N) is 1. The molecule has 0 fully saturated rings. The molecule has 9 heteroatoms. The summed E-state index contributed by atoms with van der Waals surface area (Å²) in [6, 6.07) is 9.92. The van der Waals surface area contributed by atoms with Crippen molar-refractivity contribution in [3.63, 3.8) is 0 Å². The molecule has 1 atom stereocenters. The van der Waals surface area contributed by atoms with Gasteiger partial charge in [0, 0.05) is 18.7 Å². The van der Waals surface area contributed by atoms with E-state index in [2.05, 4.69) is 5.32 Å². The molecule has 2 aromatic carbocycles. The lowest BCUT2D eigenvalue weighted by atomic mass is 10.1. The molecule has 0 aliphatic carbocycles. The molecule has 0 aromatic heterocycles. The minimum absolute atomic E-state index is 0.115. The van der Waals surface area contributed by atoms with Crippen LogP contribution in [0.3, 0.4) is 0 Å². The van der Waals surface area contributed by atoms with Gasteiger partial charge in [-0.15, -0.1) is 0 Å². The van der Waals surface area contributed by atoms with Crippen LogP contribution in [0.4, 0.5) is 5.69 Å². The Hall–Kier alpha value is -2.94. The van der Waals surface area contributed by atoms with E-state index in [1.807, 2.05) is 25.1 Å². The molecular formula is C21H28N2O6S. The highest BCUT2D eigenvalue weighted by molar-refractivity contribution is 7.92. The third kappa shape index (κ3) is 4.79. The second kappa shape index (κ2) is 9.71. The first-order valence-corrected chi connectivity index (χ1v) is 11.0. The van der Waals surface area contributed by atoms with Gasteiger partial charge >= 0.3 is 0 Å². The molecule has 164 valence electrons. The molecule has 0 heterocycles. The molecule has 0 saturated carbocycles. The zero-order chi connectivity index (χ0) is 22.5. The van der Waals surface area contributed by atoms with Gasteiger partial charge in [0.25, 0.3) is 5.91 Å². The number of rotatable bonds is 9. The van der Waals surface area contributed by atoms with Gasteiger partial charge in [0.05, 0.1) is 44.4 Å². The van der Waals surface area contributed by atoms with Crippen molar-refractivity contribution in [3.05, 3.63) is 47.5 Å². The first kappa shape index (κ1) is 23.3. The SMILES string of the molecule is CCS(=O)(=O)N(C)c1cc(OC)c(OC)cc1C(=O)N[C@H](C)c1ccccc1OC. The summed E-state index contributed by atoms with van der Waals surface area (Å²) < 4.78 is 42.0. The van der Waals surface area contributed by atoms with E-state index >= 15 is 0 Å². The van der Waals surface area contributed by atoms with Gasteiger partial charge in [-0.25, -0.2) is 8.42 Å². The molecule has 8 nitrogen and oxygen atoms in total. The fraction of sp³-hybridized carbons (Fsp3) is 0.381. The lowest BCUT2D eigenvalue weighted by molar-refractivity contribution is 0.0940. The zero-order valence-corrected chi connectivity index (χ0v) is 18.9. The number of carbonyl (C=O) groups excluding carboxylic acids is 1. The quantitative estimate of drug-likeness (QED) is 0.649. The number of ether oxygens (including phenoxy) is 3. The fourth-order valence-electron chi connectivity index (χ4n) is 3.03. The van der Waals surface area contributed by atoms with E-state index in [4.69, 9.17) is 14.2 Å². The van der Waals surface area contributed by atoms with Crippen LogP contribution in [-0.2, 0) is 10.0 Å². The molecule has 0 aliphatic heterocycles. The maximum atomic E-state index is 13.2. The molecule has 1 amide bonds. The lowest BCUT2D eigenvalue weighted by Gasteiger charge is -2.24. The van der Waals surface area contributed by atoms with Crippen molar-refractivity contribution < 1.29 is 27.4 Å². The van der Waals surface area contributed by atoms with Crippen LogP contribution in [-0.4, -0.2) is 48.5 Å². The molecule has 0 unspecified atom stereocenters. The molecule has 1 N–H and O–H groups in total. The summed E-state index contributed by atoms with van der Waals surface area (Å²) in [5.41, 5.74) is 1.14. The maximum Gasteiger partial charge on any atom is 0.254 e. The topological polar surface area (TPSA) is 94.2 Å². The minimum atomic E-state index is -3.61. The number of anilines is 1. The van der Waals surface area contributed by atoms with Crippen LogP contribution in [0, 0.1) is 0 Å². The number of amides is 1. The standard InChI is InChI=1S/C21H28N2O6S/c1-7-30(25,26)23(3)17-13-20(29-6)19(28-5)12-16(17)21(24)22-14(2)15-10-8-9-11-18(15)27-4/h8-14H,7H2,1-6H3,(H,22,24)/t14-/m1/s1. The normalized spacial score (nSPS) is 12.1. The van der Waals surface area contributed by atoms with E-state index < -0.39 is 15.9 Å². The molecule has 2 aromatic rings. The van der Waals surface area contributed by atoms with Gasteiger partial charge < -0.3 is 19.5 Å². The van der Waals surface area contributed by atoms with Crippen molar-refractivity contribution in [3.8, 4) is 17.2 Å². The first-order valence-electron chi connectivity index (χ1n) is 9.36. The van der Waals surface area contributed by atoms with E-state index in [-0.39, 0.29) is 23.0 Å². The third-order valence-electron chi connectivity index (χ3n) is 4.82. The number of nitrogens with zero attached hydrogens (tertiary/aromatic N) is 1. The molecule has 0 spiro atoms. The summed E-state index contributed by atoms with van der Waals surface area (Å²) in [5, 5.41) is 2.90. The molecule has 0 aliphatic rings. The Labute approximate surface area is 177 Å². The van der Waals surface area contributed by atoms with Crippen molar-refractivity contribution >= 4 is 21.6 Å². The van der Waals surface area contributed by atoms with E-state index in [1.165, 1.54) is 40.3 Å². The van der Waals surface area contributed by atoms with E-state index in [0.29, 0.717) is 17.2 Å². The number of para-hydroxylation sites is 1. The Balaban J connectivity index is 2.51. The fourth-order valence-corrected chi connectivity index (χ4v) is 3.87. The monoisotopic (exact) mass is 436 g/mol. The maximum absolute atomic E-state index is 13.2. The molecular weight excluding hydrogens is 408 g/mol. The van der Waals surface area contributed by atoms with Gasteiger partial charge in [-0.2, -0.15) is 0 Å². The van der Waals surface area contributed by atoms with E-state index in [0.717, 1.165) is 9.87 Å². The van der Waals surface area contributed by atoms with Gasteiger partial charge in [-0.05, 0) is 26.0 Å². The summed E-state index contributed by atoms with van der Waals surface area (Å²) in [4.78, 5) is 13.2. The van der Waals surface area contributed by atoms with Crippen molar-refractivity contribution in [2.45, 2.75) is 19.9 Å². The highest BCUT2D eigenvalue weighted by Crippen LogP contribution is 2.36. The van der Waals surface area contributed by atoms with Crippen molar-refractivity contribution in [2.24, 2.45) is 0 Å². The summed E-state index contributed by atoms with van der Waals surface area (Å²) in [7, 11) is 2.25. The molecule has 2 rings (SSSR count). The second-order valence-electron chi connectivity index (χ2n) is 6.53. The lowest BCUT2D eigenvalue weighted by Crippen LogP contribution is -2.32. The summed E-state index contributed by atoms with van der Waals surface area (Å²) >= 11 is 0. The van der Waals surface area contributed by atoms with E-state index in [1.54, 1.807) is 13.2 Å². The Morgan fingerprint density at radius 3 is 2.17 bits per heavy atom. The number of methoxy groups -OCH3 is 3. The Morgan fingerprint density at radius 1 is 1.03 bits per heavy atom. The van der Waals surface area contributed by atoms with Crippen molar-refractivity contribution in [1.29, 1.82) is 0 Å². The predicted molar refractivity (Wildman–Crippen MR) is 116 cm³/mol. The van der Waals surface area contributed by atoms with Crippen molar-refractivity contribution in [1.82, 2.24) is 5.32 Å². The van der Waals surface area contributed by atoms with Crippen LogP contribution < -0.4 is 23.8 Å². The van der Waals surface area contributed by atoms with Crippen LogP contribution in [0.25, 0.3) is 0 Å². The van der Waals surface area contributed by atoms with Gasteiger partial charge in [0.15, 0.2) is 11.5 Å². The number of carbonyl (C=O) groups is 1. The molecule has 30 heavy (non-hydrogen) atoms.